The normalized spacial score (nSPS) is 14.1. The zero-order valence-corrected chi connectivity index (χ0v) is 11.8. The quantitative estimate of drug-likeness (QED) is 0.587. The summed E-state index contributed by atoms with van der Waals surface area (Å²) >= 11 is 0. The van der Waals surface area contributed by atoms with E-state index in [1.807, 2.05) is 42.6 Å². The van der Waals surface area contributed by atoms with Crippen LogP contribution in [0.4, 0.5) is 5.69 Å². The molecule has 0 heterocycles. The van der Waals surface area contributed by atoms with Crippen LogP contribution in [0, 0.1) is 5.92 Å². The van der Waals surface area contributed by atoms with E-state index in [4.69, 9.17) is 0 Å². The largest absolute Gasteiger partial charge is 0.265 e. The van der Waals surface area contributed by atoms with Gasteiger partial charge in [-0.05, 0) is 17.7 Å². The lowest BCUT2D eigenvalue weighted by Gasteiger charge is -2.21. The first-order valence-corrected chi connectivity index (χ1v) is 7.18. The standard InChI is InChI=1S/C19H18N2/c1-3-9-17(10-4-1)15-20-21(16-18-11-7-8-12-18)19-13-5-2-6-14-19/h1-15,18H,16H2. The van der Waals surface area contributed by atoms with Crippen molar-refractivity contribution < 1.29 is 0 Å². The van der Waals surface area contributed by atoms with Gasteiger partial charge in [0.2, 0.25) is 0 Å². The van der Waals surface area contributed by atoms with Crippen molar-refractivity contribution in [1.29, 1.82) is 0 Å². The number of hydrogen-bond acceptors (Lipinski definition) is 2. The van der Waals surface area contributed by atoms with Gasteiger partial charge in [-0.25, -0.2) is 0 Å². The van der Waals surface area contributed by atoms with Crippen molar-refractivity contribution >= 4 is 11.9 Å². The Morgan fingerprint density at radius 1 is 0.857 bits per heavy atom. The highest BCUT2D eigenvalue weighted by molar-refractivity contribution is 5.80. The molecule has 0 bridgehead atoms. The van der Waals surface area contributed by atoms with Crippen LogP contribution in [0.15, 0.2) is 90.1 Å². The van der Waals surface area contributed by atoms with Gasteiger partial charge in [0.15, 0.2) is 0 Å². The van der Waals surface area contributed by atoms with Crippen LogP contribution in [0.25, 0.3) is 0 Å². The summed E-state index contributed by atoms with van der Waals surface area (Å²) in [6.07, 6.45) is 10.5. The van der Waals surface area contributed by atoms with Crippen LogP contribution >= 0.6 is 0 Å². The van der Waals surface area contributed by atoms with Crippen molar-refractivity contribution in [2.75, 3.05) is 11.6 Å². The molecule has 0 saturated heterocycles. The number of hydrazone groups is 1. The van der Waals surface area contributed by atoms with Crippen LogP contribution in [0.2, 0.25) is 0 Å². The number of nitrogens with zero attached hydrogens (tertiary/aromatic N) is 2. The molecule has 0 N–H and O–H groups in total. The molecule has 0 spiro atoms. The zero-order chi connectivity index (χ0) is 14.3. The molecule has 1 aliphatic carbocycles. The fourth-order valence-corrected chi connectivity index (χ4v) is 2.29. The second kappa shape index (κ2) is 6.71. The lowest BCUT2D eigenvalue weighted by molar-refractivity contribution is 0.744. The highest BCUT2D eigenvalue weighted by atomic mass is 15.4. The summed E-state index contributed by atoms with van der Waals surface area (Å²) in [5, 5.41) is 6.72. The molecule has 21 heavy (non-hydrogen) atoms. The molecule has 3 rings (SSSR count). The predicted octanol–water partition coefficient (Wildman–Crippen LogP) is 4.27. The molecule has 0 amide bonds. The van der Waals surface area contributed by atoms with Crippen molar-refractivity contribution in [2.45, 2.75) is 0 Å². The Morgan fingerprint density at radius 3 is 2.14 bits per heavy atom. The number of benzene rings is 2. The molecule has 0 radical (unpaired) electrons. The Hall–Kier alpha value is -2.61. The Bertz CT molecular complexity index is 630. The van der Waals surface area contributed by atoms with Gasteiger partial charge < -0.3 is 0 Å². The molecule has 104 valence electrons. The monoisotopic (exact) mass is 274 g/mol. The molecule has 0 aliphatic heterocycles. The summed E-state index contributed by atoms with van der Waals surface area (Å²) in [6, 6.07) is 20.5. The summed E-state index contributed by atoms with van der Waals surface area (Å²) in [4.78, 5) is 0. The number of anilines is 1. The third-order valence-corrected chi connectivity index (χ3v) is 3.41. The van der Waals surface area contributed by atoms with E-state index in [2.05, 4.69) is 58.7 Å². The van der Waals surface area contributed by atoms with Gasteiger partial charge in [0, 0.05) is 5.92 Å². The molecule has 2 aromatic rings. The molecule has 0 aromatic heterocycles. The number of allylic oxidation sites excluding steroid dienone is 2. The highest BCUT2D eigenvalue weighted by Gasteiger charge is 2.11. The van der Waals surface area contributed by atoms with Gasteiger partial charge in [0.05, 0.1) is 18.4 Å². The molecule has 0 saturated carbocycles. The molecule has 0 fully saturated rings. The average Bonchev–Trinajstić information content (AvgIpc) is 3.06. The molecule has 1 aliphatic rings. The minimum absolute atomic E-state index is 0.415. The number of rotatable bonds is 5. The van der Waals surface area contributed by atoms with Gasteiger partial charge in [-0.1, -0.05) is 72.8 Å². The zero-order valence-electron chi connectivity index (χ0n) is 11.8. The van der Waals surface area contributed by atoms with E-state index in [1.165, 1.54) is 0 Å². The van der Waals surface area contributed by atoms with Gasteiger partial charge in [-0.2, -0.15) is 5.10 Å². The van der Waals surface area contributed by atoms with Crippen molar-refractivity contribution in [1.82, 2.24) is 0 Å². The molecule has 0 atom stereocenters. The van der Waals surface area contributed by atoms with Crippen molar-refractivity contribution in [3.63, 3.8) is 0 Å². The lowest BCUT2D eigenvalue weighted by Crippen LogP contribution is -2.22. The summed E-state index contributed by atoms with van der Waals surface area (Å²) in [5.41, 5.74) is 2.22. The van der Waals surface area contributed by atoms with Crippen LogP contribution in [0.5, 0.6) is 0 Å². The van der Waals surface area contributed by atoms with E-state index in [9.17, 15) is 0 Å². The van der Waals surface area contributed by atoms with Gasteiger partial charge >= 0.3 is 0 Å². The summed E-state index contributed by atoms with van der Waals surface area (Å²) in [7, 11) is 0. The lowest BCUT2D eigenvalue weighted by atomic mass is 10.1. The van der Waals surface area contributed by atoms with E-state index < -0.39 is 0 Å². The van der Waals surface area contributed by atoms with E-state index >= 15 is 0 Å². The maximum atomic E-state index is 4.67. The van der Waals surface area contributed by atoms with Crippen molar-refractivity contribution in [2.24, 2.45) is 11.0 Å². The second-order valence-corrected chi connectivity index (χ2v) is 5.01. The summed E-state index contributed by atoms with van der Waals surface area (Å²) in [5.74, 6) is 0.415. The molecule has 0 unspecified atom stereocenters. The fraction of sp³-hybridized carbons (Fsp3) is 0.105. The van der Waals surface area contributed by atoms with Crippen LogP contribution in [0.1, 0.15) is 5.56 Å². The van der Waals surface area contributed by atoms with Crippen molar-refractivity contribution in [3.05, 3.63) is 90.5 Å². The third-order valence-electron chi connectivity index (χ3n) is 3.41. The smallest absolute Gasteiger partial charge is 0.0594 e. The molecule has 2 heteroatoms. The van der Waals surface area contributed by atoms with Gasteiger partial charge in [0.1, 0.15) is 0 Å². The maximum absolute atomic E-state index is 4.67. The number of hydrogen-bond donors (Lipinski definition) is 0. The summed E-state index contributed by atoms with van der Waals surface area (Å²) < 4.78 is 0. The SMILES string of the molecule is C1=CC(CN(N=Cc2ccccc2)c2ccccc2)C=C1. The third kappa shape index (κ3) is 3.69. The van der Waals surface area contributed by atoms with E-state index in [0.29, 0.717) is 5.92 Å². The van der Waals surface area contributed by atoms with E-state index in [-0.39, 0.29) is 0 Å². The van der Waals surface area contributed by atoms with E-state index in [1.54, 1.807) is 0 Å². The Kier molecular flexibility index (Phi) is 4.27. The van der Waals surface area contributed by atoms with Gasteiger partial charge in [0.25, 0.3) is 0 Å². The minimum Gasteiger partial charge on any atom is -0.265 e. The molecule has 2 nitrogen and oxygen atoms in total. The second-order valence-electron chi connectivity index (χ2n) is 5.01. The van der Waals surface area contributed by atoms with Crippen LogP contribution in [-0.4, -0.2) is 12.8 Å². The first-order valence-electron chi connectivity index (χ1n) is 7.18. The molecular formula is C19H18N2. The average molecular weight is 274 g/mol. The Labute approximate surface area is 125 Å². The van der Waals surface area contributed by atoms with Crippen molar-refractivity contribution in [3.8, 4) is 0 Å². The minimum atomic E-state index is 0.415. The van der Waals surface area contributed by atoms with E-state index in [0.717, 1.165) is 17.8 Å². The Balaban J connectivity index is 1.80. The van der Waals surface area contributed by atoms with Crippen LogP contribution < -0.4 is 5.01 Å². The molecule has 2 aromatic carbocycles. The maximum Gasteiger partial charge on any atom is 0.0594 e. The highest BCUT2D eigenvalue weighted by Crippen LogP contribution is 2.18. The predicted molar refractivity (Wildman–Crippen MR) is 89.6 cm³/mol. The number of para-hydroxylation sites is 1. The first-order chi connectivity index (χ1) is 10.4. The van der Waals surface area contributed by atoms with Gasteiger partial charge in [-0.3, -0.25) is 5.01 Å². The fourth-order valence-electron chi connectivity index (χ4n) is 2.29. The Morgan fingerprint density at radius 2 is 1.48 bits per heavy atom. The summed E-state index contributed by atoms with van der Waals surface area (Å²) in [6.45, 7) is 0.848. The molecular weight excluding hydrogens is 256 g/mol. The van der Waals surface area contributed by atoms with Gasteiger partial charge in [-0.15, -0.1) is 0 Å². The first kappa shape index (κ1) is 13.4. The topological polar surface area (TPSA) is 15.6 Å². The van der Waals surface area contributed by atoms with Crippen LogP contribution in [-0.2, 0) is 0 Å². The van der Waals surface area contributed by atoms with Crippen LogP contribution in [0.3, 0.4) is 0 Å².